The summed E-state index contributed by atoms with van der Waals surface area (Å²) >= 11 is 0. The van der Waals surface area contributed by atoms with Crippen molar-refractivity contribution >= 4 is 11.6 Å². The summed E-state index contributed by atoms with van der Waals surface area (Å²) < 4.78 is 0. The Bertz CT molecular complexity index is 678. The van der Waals surface area contributed by atoms with Crippen molar-refractivity contribution in [1.29, 1.82) is 0 Å². The van der Waals surface area contributed by atoms with E-state index in [1.807, 2.05) is 0 Å². The molecular formula is C16H17NO3. The second kappa shape index (κ2) is 5.25. The SMILES string of the molecule is Cc1cc(NC(=O)c2cccc(C)c2O)c(C)cc1O. The first-order chi connectivity index (χ1) is 9.40. The molecule has 0 atom stereocenters. The molecule has 4 nitrogen and oxygen atoms in total. The van der Waals surface area contributed by atoms with E-state index in [4.69, 9.17) is 0 Å². The van der Waals surface area contributed by atoms with Crippen molar-refractivity contribution < 1.29 is 15.0 Å². The lowest BCUT2D eigenvalue weighted by atomic mass is 10.1. The minimum Gasteiger partial charge on any atom is -0.508 e. The maximum Gasteiger partial charge on any atom is 0.259 e. The van der Waals surface area contributed by atoms with E-state index in [0.29, 0.717) is 16.8 Å². The number of para-hydroxylation sites is 1. The van der Waals surface area contributed by atoms with Crippen LogP contribution < -0.4 is 5.32 Å². The maximum atomic E-state index is 12.2. The second-order valence-corrected chi connectivity index (χ2v) is 4.88. The Morgan fingerprint density at radius 3 is 2.40 bits per heavy atom. The first kappa shape index (κ1) is 13.9. The summed E-state index contributed by atoms with van der Waals surface area (Å²) in [5.74, 6) is -0.198. The Kier molecular flexibility index (Phi) is 3.66. The third-order valence-electron chi connectivity index (χ3n) is 3.27. The van der Waals surface area contributed by atoms with Gasteiger partial charge in [-0.05, 0) is 55.7 Å². The fourth-order valence-corrected chi connectivity index (χ4v) is 1.97. The number of benzene rings is 2. The highest BCUT2D eigenvalue weighted by molar-refractivity contribution is 6.06. The number of carbonyl (C=O) groups is 1. The van der Waals surface area contributed by atoms with Crippen LogP contribution >= 0.6 is 0 Å². The van der Waals surface area contributed by atoms with E-state index in [1.54, 1.807) is 51.1 Å². The highest BCUT2D eigenvalue weighted by Crippen LogP contribution is 2.27. The van der Waals surface area contributed by atoms with Gasteiger partial charge in [-0.15, -0.1) is 0 Å². The van der Waals surface area contributed by atoms with Crippen LogP contribution in [0.2, 0.25) is 0 Å². The molecule has 0 spiro atoms. The van der Waals surface area contributed by atoms with E-state index in [9.17, 15) is 15.0 Å². The van der Waals surface area contributed by atoms with Gasteiger partial charge in [0.1, 0.15) is 11.5 Å². The predicted octanol–water partition coefficient (Wildman–Crippen LogP) is 3.28. The molecule has 0 saturated carbocycles. The number of hydrogen-bond acceptors (Lipinski definition) is 3. The average molecular weight is 271 g/mol. The van der Waals surface area contributed by atoms with Crippen LogP contribution in [0.3, 0.4) is 0 Å². The standard InChI is InChI=1S/C16H17NO3/c1-9-5-4-6-12(15(9)19)16(20)17-13-7-11(3)14(18)8-10(13)2/h4-8,18-19H,1-3H3,(H,17,20). The number of aromatic hydroxyl groups is 2. The van der Waals surface area contributed by atoms with E-state index in [0.717, 1.165) is 5.56 Å². The molecule has 0 bridgehead atoms. The van der Waals surface area contributed by atoms with Crippen LogP contribution in [0, 0.1) is 20.8 Å². The van der Waals surface area contributed by atoms with Gasteiger partial charge in [0.25, 0.3) is 5.91 Å². The fraction of sp³-hybridized carbons (Fsp3) is 0.188. The minimum atomic E-state index is -0.376. The monoisotopic (exact) mass is 271 g/mol. The van der Waals surface area contributed by atoms with Crippen LogP contribution in [0.5, 0.6) is 11.5 Å². The van der Waals surface area contributed by atoms with E-state index >= 15 is 0 Å². The Labute approximate surface area is 117 Å². The van der Waals surface area contributed by atoms with Crippen LogP contribution in [0.4, 0.5) is 5.69 Å². The molecule has 0 aliphatic heterocycles. The minimum absolute atomic E-state index is 0.0156. The summed E-state index contributed by atoms with van der Waals surface area (Å²) in [5.41, 5.74) is 2.94. The summed E-state index contributed by atoms with van der Waals surface area (Å²) in [4.78, 5) is 12.2. The zero-order valence-electron chi connectivity index (χ0n) is 11.7. The third-order valence-corrected chi connectivity index (χ3v) is 3.27. The summed E-state index contributed by atoms with van der Waals surface area (Å²) in [6.45, 7) is 5.29. The number of hydrogen-bond donors (Lipinski definition) is 3. The summed E-state index contributed by atoms with van der Waals surface area (Å²) in [7, 11) is 0. The molecule has 0 fully saturated rings. The molecule has 0 unspecified atom stereocenters. The second-order valence-electron chi connectivity index (χ2n) is 4.88. The molecule has 104 valence electrons. The molecule has 3 N–H and O–H groups in total. The van der Waals surface area contributed by atoms with E-state index in [2.05, 4.69) is 5.32 Å². The van der Waals surface area contributed by atoms with Crippen molar-refractivity contribution in [2.75, 3.05) is 5.32 Å². The molecule has 4 heteroatoms. The van der Waals surface area contributed by atoms with Crippen LogP contribution in [-0.2, 0) is 0 Å². The number of aryl methyl sites for hydroxylation is 3. The first-order valence-electron chi connectivity index (χ1n) is 6.30. The molecule has 0 aliphatic rings. The van der Waals surface area contributed by atoms with Gasteiger partial charge in [0.15, 0.2) is 0 Å². The number of anilines is 1. The molecule has 20 heavy (non-hydrogen) atoms. The first-order valence-corrected chi connectivity index (χ1v) is 6.30. The quantitative estimate of drug-likeness (QED) is 0.734. The lowest BCUT2D eigenvalue weighted by Crippen LogP contribution is -2.13. The highest BCUT2D eigenvalue weighted by Gasteiger charge is 2.14. The van der Waals surface area contributed by atoms with E-state index in [1.165, 1.54) is 0 Å². The van der Waals surface area contributed by atoms with Gasteiger partial charge in [-0.3, -0.25) is 4.79 Å². The van der Waals surface area contributed by atoms with Crippen LogP contribution in [0.15, 0.2) is 30.3 Å². The normalized spacial score (nSPS) is 10.3. The lowest BCUT2D eigenvalue weighted by molar-refractivity contribution is 0.102. The Morgan fingerprint density at radius 2 is 1.70 bits per heavy atom. The number of phenolic OH excluding ortho intramolecular Hbond substituents is 2. The van der Waals surface area contributed by atoms with Gasteiger partial charge in [-0.1, -0.05) is 12.1 Å². The molecule has 1 amide bonds. The maximum absolute atomic E-state index is 12.2. The van der Waals surface area contributed by atoms with Crippen molar-refractivity contribution in [2.24, 2.45) is 0 Å². The predicted molar refractivity (Wildman–Crippen MR) is 78.4 cm³/mol. The topological polar surface area (TPSA) is 69.6 Å². The number of rotatable bonds is 2. The molecular weight excluding hydrogens is 254 g/mol. The molecule has 0 aromatic heterocycles. The molecule has 2 rings (SSSR count). The van der Waals surface area contributed by atoms with Gasteiger partial charge in [0, 0.05) is 5.69 Å². The highest BCUT2D eigenvalue weighted by atomic mass is 16.3. The van der Waals surface area contributed by atoms with Gasteiger partial charge in [0.2, 0.25) is 0 Å². The number of carbonyl (C=O) groups excluding carboxylic acids is 1. The molecule has 0 heterocycles. The molecule has 2 aromatic rings. The summed E-state index contributed by atoms with van der Waals surface area (Å²) in [5, 5.41) is 22.3. The van der Waals surface area contributed by atoms with Crippen LogP contribution in [-0.4, -0.2) is 16.1 Å². The smallest absolute Gasteiger partial charge is 0.259 e. The van der Waals surface area contributed by atoms with Gasteiger partial charge >= 0.3 is 0 Å². The largest absolute Gasteiger partial charge is 0.508 e. The van der Waals surface area contributed by atoms with Crippen molar-refractivity contribution in [1.82, 2.24) is 0 Å². The van der Waals surface area contributed by atoms with E-state index < -0.39 is 0 Å². The van der Waals surface area contributed by atoms with Crippen molar-refractivity contribution in [3.05, 3.63) is 52.6 Å². The van der Waals surface area contributed by atoms with Crippen molar-refractivity contribution in [2.45, 2.75) is 20.8 Å². The van der Waals surface area contributed by atoms with Gasteiger partial charge < -0.3 is 15.5 Å². The van der Waals surface area contributed by atoms with Gasteiger partial charge in [-0.2, -0.15) is 0 Å². The van der Waals surface area contributed by atoms with Crippen molar-refractivity contribution in [3.63, 3.8) is 0 Å². The average Bonchev–Trinajstić information content (AvgIpc) is 2.39. The molecule has 2 aromatic carbocycles. The molecule has 0 radical (unpaired) electrons. The molecule has 0 saturated heterocycles. The van der Waals surface area contributed by atoms with Crippen molar-refractivity contribution in [3.8, 4) is 11.5 Å². The van der Waals surface area contributed by atoms with Gasteiger partial charge in [-0.25, -0.2) is 0 Å². The number of amides is 1. The van der Waals surface area contributed by atoms with Crippen LogP contribution in [0.25, 0.3) is 0 Å². The van der Waals surface area contributed by atoms with E-state index in [-0.39, 0.29) is 23.0 Å². The Balaban J connectivity index is 2.33. The number of nitrogens with one attached hydrogen (secondary N) is 1. The van der Waals surface area contributed by atoms with Crippen LogP contribution in [0.1, 0.15) is 27.0 Å². The zero-order valence-corrected chi connectivity index (χ0v) is 11.7. The summed E-state index contributed by atoms with van der Waals surface area (Å²) in [6, 6.07) is 8.33. The zero-order chi connectivity index (χ0) is 14.9. The lowest BCUT2D eigenvalue weighted by Gasteiger charge is -2.12. The Morgan fingerprint density at radius 1 is 1.00 bits per heavy atom. The third kappa shape index (κ3) is 2.59. The number of phenols is 2. The summed E-state index contributed by atoms with van der Waals surface area (Å²) in [6.07, 6.45) is 0. The molecule has 0 aliphatic carbocycles. The fourth-order valence-electron chi connectivity index (χ4n) is 1.97. The Hall–Kier alpha value is -2.49. The van der Waals surface area contributed by atoms with Gasteiger partial charge in [0.05, 0.1) is 5.56 Å².